The van der Waals surface area contributed by atoms with Crippen LogP contribution in [-0.2, 0) is 4.74 Å². The molecule has 4 heteroatoms. The summed E-state index contributed by atoms with van der Waals surface area (Å²) in [7, 11) is 0. The summed E-state index contributed by atoms with van der Waals surface area (Å²) in [5.74, 6) is 0.177. The average molecular weight is 209 g/mol. The smallest absolute Gasteiger partial charge is 0.248 e. The fourth-order valence-electron chi connectivity index (χ4n) is 1.10. The van der Waals surface area contributed by atoms with Crippen LogP contribution in [0.5, 0.6) is 5.75 Å². The van der Waals surface area contributed by atoms with Gasteiger partial charge in [-0.15, -0.1) is 0 Å². The average Bonchev–Trinajstić information content (AvgIpc) is 2.25. The number of hydrogen-bond donors (Lipinski definition) is 1. The minimum atomic E-state index is -0.453. The second-order valence-corrected chi connectivity index (χ2v) is 2.94. The molecule has 1 amide bonds. The van der Waals surface area contributed by atoms with Crippen molar-refractivity contribution in [2.24, 2.45) is 5.73 Å². The van der Waals surface area contributed by atoms with Gasteiger partial charge < -0.3 is 15.2 Å². The van der Waals surface area contributed by atoms with E-state index in [9.17, 15) is 4.79 Å². The molecule has 0 saturated carbocycles. The fraction of sp³-hybridized carbons (Fsp3) is 0.364. The van der Waals surface area contributed by atoms with Gasteiger partial charge in [-0.1, -0.05) is 6.07 Å². The van der Waals surface area contributed by atoms with Crippen LogP contribution >= 0.6 is 0 Å². The predicted octanol–water partition coefficient (Wildman–Crippen LogP) is 1.20. The third-order valence-corrected chi connectivity index (χ3v) is 1.82. The Labute approximate surface area is 89.0 Å². The van der Waals surface area contributed by atoms with E-state index in [4.69, 9.17) is 15.2 Å². The molecule has 82 valence electrons. The molecule has 0 heterocycles. The monoisotopic (exact) mass is 209 g/mol. The van der Waals surface area contributed by atoms with E-state index >= 15 is 0 Å². The van der Waals surface area contributed by atoms with Gasteiger partial charge in [0, 0.05) is 12.2 Å². The van der Waals surface area contributed by atoms with Crippen molar-refractivity contribution in [3.63, 3.8) is 0 Å². The first-order chi connectivity index (χ1) is 7.24. The van der Waals surface area contributed by atoms with Crippen molar-refractivity contribution in [1.82, 2.24) is 0 Å². The molecular formula is C11H15NO3. The van der Waals surface area contributed by atoms with E-state index in [2.05, 4.69) is 0 Å². The molecule has 1 aromatic rings. The third kappa shape index (κ3) is 3.99. The van der Waals surface area contributed by atoms with E-state index in [-0.39, 0.29) is 0 Å². The van der Waals surface area contributed by atoms with Crippen molar-refractivity contribution in [3.05, 3.63) is 29.8 Å². The van der Waals surface area contributed by atoms with E-state index < -0.39 is 5.91 Å². The first-order valence-corrected chi connectivity index (χ1v) is 4.84. The fourth-order valence-corrected chi connectivity index (χ4v) is 1.10. The molecule has 0 fully saturated rings. The minimum Gasteiger partial charge on any atom is -0.491 e. The molecule has 0 saturated heterocycles. The molecule has 0 bridgehead atoms. The third-order valence-electron chi connectivity index (χ3n) is 1.82. The molecular weight excluding hydrogens is 194 g/mol. The second-order valence-electron chi connectivity index (χ2n) is 2.94. The highest BCUT2D eigenvalue weighted by molar-refractivity contribution is 5.93. The molecule has 4 nitrogen and oxygen atoms in total. The highest BCUT2D eigenvalue weighted by Crippen LogP contribution is 2.12. The van der Waals surface area contributed by atoms with Gasteiger partial charge in [-0.3, -0.25) is 4.79 Å². The summed E-state index contributed by atoms with van der Waals surface area (Å²) >= 11 is 0. The number of benzene rings is 1. The Bertz CT molecular complexity index is 325. The minimum absolute atomic E-state index is 0.448. The molecule has 0 aliphatic rings. The predicted molar refractivity (Wildman–Crippen MR) is 56.9 cm³/mol. The molecule has 15 heavy (non-hydrogen) atoms. The first kappa shape index (κ1) is 11.5. The number of primary amides is 1. The van der Waals surface area contributed by atoms with Crippen LogP contribution in [0.1, 0.15) is 17.3 Å². The van der Waals surface area contributed by atoms with Crippen LogP contribution in [-0.4, -0.2) is 25.7 Å². The second kappa shape index (κ2) is 6.03. The summed E-state index contributed by atoms with van der Waals surface area (Å²) in [5.41, 5.74) is 5.59. The molecule has 0 aliphatic heterocycles. The summed E-state index contributed by atoms with van der Waals surface area (Å²) in [6.45, 7) is 3.60. The number of carbonyl (C=O) groups excluding carboxylic acids is 1. The number of amides is 1. The van der Waals surface area contributed by atoms with Gasteiger partial charge in [0.25, 0.3) is 0 Å². The zero-order chi connectivity index (χ0) is 11.1. The molecule has 2 N–H and O–H groups in total. The van der Waals surface area contributed by atoms with Crippen LogP contribution in [0.4, 0.5) is 0 Å². The molecule has 0 aliphatic carbocycles. The van der Waals surface area contributed by atoms with Gasteiger partial charge in [0.2, 0.25) is 5.91 Å². The van der Waals surface area contributed by atoms with Crippen molar-refractivity contribution in [2.75, 3.05) is 19.8 Å². The van der Waals surface area contributed by atoms with Crippen LogP contribution in [0.25, 0.3) is 0 Å². The van der Waals surface area contributed by atoms with Gasteiger partial charge in [-0.25, -0.2) is 0 Å². The van der Waals surface area contributed by atoms with E-state index in [0.29, 0.717) is 31.1 Å². The lowest BCUT2D eigenvalue weighted by Crippen LogP contribution is -2.11. The highest BCUT2D eigenvalue weighted by Gasteiger charge is 2.01. The molecule has 1 rings (SSSR count). The van der Waals surface area contributed by atoms with Gasteiger partial charge in [0.15, 0.2) is 0 Å². The van der Waals surface area contributed by atoms with E-state index in [1.165, 1.54) is 0 Å². The molecule has 0 aromatic heterocycles. The summed E-state index contributed by atoms with van der Waals surface area (Å²) in [5, 5.41) is 0. The number of ether oxygens (including phenoxy) is 2. The summed E-state index contributed by atoms with van der Waals surface area (Å²) in [4.78, 5) is 10.9. The Hall–Kier alpha value is -1.55. The van der Waals surface area contributed by atoms with E-state index in [1.54, 1.807) is 24.3 Å². The highest BCUT2D eigenvalue weighted by atomic mass is 16.5. The first-order valence-electron chi connectivity index (χ1n) is 4.84. The summed E-state index contributed by atoms with van der Waals surface area (Å²) < 4.78 is 10.5. The van der Waals surface area contributed by atoms with E-state index in [0.717, 1.165) is 0 Å². The Morgan fingerprint density at radius 3 is 2.87 bits per heavy atom. The lowest BCUT2D eigenvalue weighted by atomic mass is 10.2. The maximum atomic E-state index is 10.9. The van der Waals surface area contributed by atoms with Crippen LogP contribution in [0, 0.1) is 0 Å². The van der Waals surface area contributed by atoms with Gasteiger partial charge in [-0.05, 0) is 25.1 Å². The Morgan fingerprint density at radius 2 is 2.20 bits per heavy atom. The van der Waals surface area contributed by atoms with E-state index in [1.807, 2.05) is 6.92 Å². The maximum Gasteiger partial charge on any atom is 0.248 e. The Balaban J connectivity index is 2.47. The lowest BCUT2D eigenvalue weighted by molar-refractivity contribution is 0.0998. The largest absolute Gasteiger partial charge is 0.491 e. The van der Waals surface area contributed by atoms with Crippen molar-refractivity contribution >= 4 is 5.91 Å². The topological polar surface area (TPSA) is 61.6 Å². The molecule has 0 atom stereocenters. The number of rotatable bonds is 6. The standard InChI is InChI=1S/C11H15NO3/c1-2-14-6-7-15-10-5-3-4-9(8-10)11(12)13/h3-5,8H,2,6-7H2,1H3,(H2,12,13). The molecule has 0 unspecified atom stereocenters. The quantitative estimate of drug-likeness (QED) is 0.716. The Kier molecular flexibility index (Phi) is 4.63. The van der Waals surface area contributed by atoms with Crippen molar-refractivity contribution in [1.29, 1.82) is 0 Å². The maximum absolute atomic E-state index is 10.9. The van der Waals surface area contributed by atoms with Crippen LogP contribution in [0.3, 0.4) is 0 Å². The normalized spacial score (nSPS) is 9.93. The number of nitrogens with two attached hydrogens (primary N) is 1. The lowest BCUT2D eigenvalue weighted by Gasteiger charge is -2.06. The molecule has 0 radical (unpaired) electrons. The zero-order valence-electron chi connectivity index (χ0n) is 8.73. The SMILES string of the molecule is CCOCCOc1cccc(C(N)=O)c1. The summed E-state index contributed by atoms with van der Waals surface area (Å²) in [6, 6.07) is 6.78. The van der Waals surface area contributed by atoms with Crippen molar-refractivity contribution < 1.29 is 14.3 Å². The van der Waals surface area contributed by atoms with Gasteiger partial charge in [0.05, 0.1) is 6.61 Å². The van der Waals surface area contributed by atoms with Crippen molar-refractivity contribution in [3.8, 4) is 5.75 Å². The van der Waals surface area contributed by atoms with Crippen LogP contribution < -0.4 is 10.5 Å². The van der Waals surface area contributed by atoms with Gasteiger partial charge >= 0.3 is 0 Å². The van der Waals surface area contributed by atoms with Crippen LogP contribution in [0.2, 0.25) is 0 Å². The summed E-state index contributed by atoms with van der Waals surface area (Å²) in [6.07, 6.45) is 0. The van der Waals surface area contributed by atoms with Crippen molar-refractivity contribution in [2.45, 2.75) is 6.92 Å². The molecule has 1 aromatic carbocycles. The zero-order valence-corrected chi connectivity index (χ0v) is 8.73. The number of hydrogen-bond acceptors (Lipinski definition) is 3. The molecule has 0 spiro atoms. The Morgan fingerprint density at radius 1 is 1.40 bits per heavy atom. The van der Waals surface area contributed by atoms with Gasteiger partial charge in [0.1, 0.15) is 12.4 Å². The number of carbonyl (C=O) groups is 1. The van der Waals surface area contributed by atoms with Gasteiger partial charge in [-0.2, -0.15) is 0 Å². The van der Waals surface area contributed by atoms with Crippen LogP contribution in [0.15, 0.2) is 24.3 Å².